The normalized spacial score (nSPS) is 9.79. The van der Waals surface area contributed by atoms with Gasteiger partial charge >= 0.3 is 5.88 Å². The summed E-state index contributed by atoms with van der Waals surface area (Å²) in [5.41, 5.74) is -0.136. The van der Waals surface area contributed by atoms with E-state index in [1.807, 2.05) is 6.92 Å². The molecule has 0 unspecified atom stereocenters. The summed E-state index contributed by atoms with van der Waals surface area (Å²) in [7, 11) is 0. The first-order valence-electron chi connectivity index (χ1n) is 4.52. The van der Waals surface area contributed by atoms with E-state index >= 15 is 0 Å². The fraction of sp³-hybridized carbons (Fsp3) is 0.444. The molecule has 0 atom stereocenters. The second kappa shape index (κ2) is 5.16. The average Bonchev–Trinajstić information content (AvgIpc) is 2.18. The Balaban J connectivity index is 2.56. The van der Waals surface area contributed by atoms with Crippen LogP contribution in [-0.4, -0.2) is 22.4 Å². The first kappa shape index (κ1) is 10.4. The number of amides is 1. The third-order valence-electron chi connectivity index (χ3n) is 1.70. The Morgan fingerprint density at radius 2 is 2.14 bits per heavy atom. The lowest BCUT2D eigenvalue weighted by atomic mass is 10.3. The molecule has 0 aliphatic carbocycles. The van der Waals surface area contributed by atoms with Crippen LogP contribution in [0.1, 0.15) is 30.3 Å². The highest BCUT2D eigenvalue weighted by molar-refractivity contribution is 5.94. The molecule has 5 heteroatoms. The Bertz CT molecular complexity index is 315. The van der Waals surface area contributed by atoms with Crippen molar-refractivity contribution in [2.24, 2.45) is 0 Å². The topological polar surface area (TPSA) is 74.8 Å². The van der Waals surface area contributed by atoms with E-state index in [9.17, 15) is 9.90 Å². The highest BCUT2D eigenvalue weighted by Crippen LogP contribution is 2.08. The molecule has 1 heterocycles. The van der Waals surface area contributed by atoms with Crippen molar-refractivity contribution in [1.82, 2.24) is 15.3 Å². The molecule has 0 aliphatic rings. The maximum absolute atomic E-state index is 11.3. The number of carbonyl (C=O) groups excluding carboxylic acids is 1. The van der Waals surface area contributed by atoms with Gasteiger partial charge in [-0.15, -0.1) is 0 Å². The number of hydrogen-bond acceptors (Lipinski definition) is 3. The molecular weight excluding hydrogens is 182 g/mol. The molecule has 0 spiro atoms. The summed E-state index contributed by atoms with van der Waals surface area (Å²) < 4.78 is 0. The molecule has 75 valence electrons. The van der Waals surface area contributed by atoms with Crippen molar-refractivity contribution >= 4 is 5.91 Å². The van der Waals surface area contributed by atoms with Gasteiger partial charge in [-0.05, 0) is 6.42 Å². The fourth-order valence-electron chi connectivity index (χ4n) is 0.943. The van der Waals surface area contributed by atoms with Gasteiger partial charge in [0.2, 0.25) is 0 Å². The van der Waals surface area contributed by atoms with Crippen molar-refractivity contribution in [1.29, 1.82) is 0 Å². The highest BCUT2D eigenvalue weighted by Gasteiger charge is 2.13. The Hall–Kier alpha value is -1.65. The number of nitrogens with zero attached hydrogens (tertiary/aromatic N) is 2. The van der Waals surface area contributed by atoms with Crippen molar-refractivity contribution in [3.63, 3.8) is 0 Å². The van der Waals surface area contributed by atoms with Gasteiger partial charge < -0.3 is 5.32 Å². The van der Waals surface area contributed by atoms with Gasteiger partial charge in [0, 0.05) is 18.9 Å². The number of hydrogen-bond donors (Lipinski definition) is 1. The first-order chi connectivity index (χ1) is 6.75. The summed E-state index contributed by atoms with van der Waals surface area (Å²) in [6.45, 7) is 2.58. The van der Waals surface area contributed by atoms with Gasteiger partial charge in [-0.3, -0.25) is 9.90 Å². The quantitative estimate of drug-likeness (QED) is 0.730. The molecule has 14 heavy (non-hydrogen) atoms. The molecule has 1 aromatic rings. The number of rotatable bonds is 4. The highest BCUT2D eigenvalue weighted by atomic mass is 16.3. The zero-order valence-corrected chi connectivity index (χ0v) is 7.99. The molecule has 0 saturated heterocycles. The number of nitrogens with one attached hydrogen (secondary N) is 1. The van der Waals surface area contributed by atoms with Gasteiger partial charge in [-0.2, -0.15) is 0 Å². The third kappa shape index (κ3) is 2.69. The van der Waals surface area contributed by atoms with Gasteiger partial charge in [-0.25, -0.2) is 9.97 Å². The van der Waals surface area contributed by atoms with Crippen LogP contribution in [0.15, 0.2) is 12.4 Å². The third-order valence-corrected chi connectivity index (χ3v) is 1.70. The number of carbonyl (C=O) groups is 1. The van der Waals surface area contributed by atoms with E-state index in [0.29, 0.717) is 6.54 Å². The molecule has 1 aromatic heterocycles. The van der Waals surface area contributed by atoms with Crippen LogP contribution in [0, 0.1) is 0 Å². The second-order valence-electron chi connectivity index (χ2n) is 2.82. The van der Waals surface area contributed by atoms with E-state index in [-0.39, 0.29) is 5.69 Å². The molecule has 0 saturated carbocycles. The van der Waals surface area contributed by atoms with Gasteiger partial charge in [0.25, 0.3) is 5.91 Å². The van der Waals surface area contributed by atoms with Gasteiger partial charge in [0.15, 0.2) is 5.69 Å². The van der Waals surface area contributed by atoms with Crippen LogP contribution >= 0.6 is 0 Å². The Morgan fingerprint density at radius 1 is 1.43 bits per heavy atom. The van der Waals surface area contributed by atoms with E-state index in [4.69, 9.17) is 0 Å². The first-order valence-corrected chi connectivity index (χ1v) is 4.52. The molecule has 1 N–H and O–H groups in total. The van der Waals surface area contributed by atoms with Gasteiger partial charge in [-0.1, -0.05) is 13.3 Å². The minimum atomic E-state index is -0.582. The largest absolute Gasteiger partial charge is 0.351 e. The van der Waals surface area contributed by atoms with E-state index in [1.54, 1.807) is 0 Å². The molecule has 0 aliphatic heterocycles. The van der Waals surface area contributed by atoms with Crippen molar-refractivity contribution in [3.05, 3.63) is 18.1 Å². The second-order valence-corrected chi connectivity index (χ2v) is 2.82. The van der Waals surface area contributed by atoms with Crippen LogP contribution < -0.4 is 5.32 Å². The van der Waals surface area contributed by atoms with Crippen molar-refractivity contribution in [2.75, 3.05) is 6.54 Å². The van der Waals surface area contributed by atoms with Crippen molar-refractivity contribution in [2.45, 2.75) is 19.8 Å². The van der Waals surface area contributed by atoms with E-state index < -0.39 is 11.8 Å². The minimum Gasteiger partial charge on any atom is -0.351 e. The molecule has 0 fully saturated rings. The summed E-state index contributed by atoms with van der Waals surface area (Å²) in [5.74, 6) is -1.03. The number of aromatic nitrogens is 2. The minimum absolute atomic E-state index is 0.136. The van der Waals surface area contributed by atoms with Crippen molar-refractivity contribution < 1.29 is 9.90 Å². The lowest BCUT2D eigenvalue weighted by molar-refractivity contribution is 0.0942. The molecule has 1 rings (SSSR count). The summed E-state index contributed by atoms with van der Waals surface area (Å²) in [6.07, 6.45) is 4.48. The molecule has 5 nitrogen and oxygen atoms in total. The molecule has 0 bridgehead atoms. The monoisotopic (exact) mass is 194 g/mol. The zero-order valence-electron chi connectivity index (χ0n) is 7.99. The summed E-state index contributed by atoms with van der Waals surface area (Å²) in [4.78, 5) is 18.4. The summed E-state index contributed by atoms with van der Waals surface area (Å²) >= 11 is 0. The summed E-state index contributed by atoms with van der Waals surface area (Å²) in [5, 5.41) is 13.7. The molecule has 1 amide bonds. The van der Waals surface area contributed by atoms with Crippen molar-refractivity contribution in [3.8, 4) is 5.88 Å². The Morgan fingerprint density at radius 3 is 2.79 bits per heavy atom. The zero-order chi connectivity index (χ0) is 10.4. The van der Waals surface area contributed by atoms with Gasteiger partial charge in [0.1, 0.15) is 0 Å². The molecule has 0 aromatic carbocycles. The van der Waals surface area contributed by atoms with Crippen LogP contribution in [0.25, 0.3) is 0 Å². The standard InChI is InChI=1S/C9H12N3O2/c1-2-3-4-11-8(13)7-9(14)12-6-5-10-7/h5-6H,2-4H2,1H3,(H,11,13). The predicted molar refractivity (Wildman–Crippen MR) is 49.4 cm³/mol. The lowest BCUT2D eigenvalue weighted by Gasteiger charge is -2.02. The Labute approximate surface area is 82.2 Å². The van der Waals surface area contributed by atoms with Crippen LogP contribution in [0.4, 0.5) is 0 Å². The van der Waals surface area contributed by atoms with E-state index in [1.165, 1.54) is 12.4 Å². The fourth-order valence-corrected chi connectivity index (χ4v) is 0.943. The van der Waals surface area contributed by atoms with Crippen LogP contribution in [0.3, 0.4) is 0 Å². The van der Waals surface area contributed by atoms with E-state index in [0.717, 1.165) is 12.8 Å². The molecule has 1 radical (unpaired) electrons. The van der Waals surface area contributed by atoms with Gasteiger partial charge in [0.05, 0.1) is 0 Å². The summed E-state index contributed by atoms with van der Waals surface area (Å²) in [6, 6.07) is 0. The maximum atomic E-state index is 11.3. The predicted octanol–water partition coefficient (Wildman–Crippen LogP) is 1.15. The average molecular weight is 194 g/mol. The lowest BCUT2D eigenvalue weighted by Crippen LogP contribution is -2.25. The number of unbranched alkanes of at least 4 members (excludes halogenated alkanes) is 1. The molecular formula is C9H12N3O2. The van der Waals surface area contributed by atoms with Crippen LogP contribution in [0.2, 0.25) is 0 Å². The SMILES string of the molecule is CCCCNC(=O)c1nccnc1[O]. The maximum Gasteiger partial charge on any atom is 0.301 e. The van der Waals surface area contributed by atoms with Crippen LogP contribution in [-0.2, 0) is 5.11 Å². The smallest absolute Gasteiger partial charge is 0.301 e. The van der Waals surface area contributed by atoms with Crippen LogP contribution in [0.5, 0.6) is 5.88 Å². The Kier molecular flexibility index (Phi) is 3.84. The van der Waals surface area contributed by atoms with E-state index in [2.05, 4.69) is 15.3 Å².